The first-order valence-corrected chi connectivity index (χ1v) is 16.0. The monoisotopic (exact) mass is 747 g/mol. The molecule has 0 bridgehead atoms. The third kappa shape index (κ3) is 4.81. The summed E-state index contributed by atoms with van der Waals surface area (Å²) in [7, 11) is 0. The number of nitrogens with two attached hydrogens (primary N) is 1. The number of nitrogen functional groups attached to an aromatic ring is 1. The van der Waals surface area contributed by atoms with Crippen LogP contribution in [-0.4, -0.2) is 83.6 Å². The lowest BCUT2D eigenvalue weighted by Crippen LogP contribution is -2.45. The highest BCUT2D eigenvalue weighted by molar-refractivity contribution is 14.1. The number of halogens is 6. The summed E-state index contributed by atoms with van der Waals surface area (Å²) in [5, 5.41) is 11.0. The number of thiophene rings is 1. The number of fused-ring (bicyclic) bond motifs is 2. The van der Waals surface area contributed by atoms with Gasteiger partial charge in [-0.05, 0) is 59.7 Å². The van der Waals surface area contributed by atoms with Crippen molar-refractivity contribution < 1.29 is 36.5 Å². The standard InChI is InChI=1S/C29H27F5IN5O3S/c30-13-7-29(4-1-5-39(29)8-13)12-43-28-37-24-21-25(42-11-14(10-41)40(9-18(32)33)27(21)38-28)23(35)20(22(24)34)15-2-3-17(31)26-16(15)6-19(36)44-26/h2-3,6,13-14,18,41H,1,4-5,7-12,36H2/t13-,14?,29?/m1/s1. The molecule has 0 amide bonds. The number of aliphatic hydroxyl groups is 1. The fraction of sp³-hybridized carbons (Fsp3) is 0.448. The Bertz CT molecular complexity index is 1780. The van der Waals surface area contributed by atoms with Gasteiger partial charge in [-0.2, -0.15) is 9.97 Å². The summed E-state index contributed by atoms with van der Waals surface area (Å²) in [5.41, 5.74) is 5.58. The van der Waals surface area contributed by atoms with Gasteiger partial charge in [0.1, 0.15) is 42.3 Å². The summed E-state index contributed by atoms with van der Waals surface area (Å²) in [4.78, 5) is 12.1. The maximum absolute atomic E-state index is 16.9. The lowest BCUT2D eigenvalue weighted by molar-refractivity contribution is 0.107. The molecule has 5 heterocycles. The predicted molar refractivity (Wildman–Crippen MR) is 166 cm³/mol. The van der Waals surface area contributed by atoms with Gasteiger partial charge in [0.25, 0.3) is 6.43 Å². The number of nitrogens with zero attached hydrogens (tertiary/aromatic N) is 4. The normalized spacial score (nSPS) is 23.5. The maximum Gasteiger partial charge on any atom is 0.319 e. The fourth-order valence-electron chi connectivity index (χ4n) is 6.83. The summed E-state index contributed by atoms with van der Waals surface area (Å²) in [6.07, 6.45) is -1.97. The van der Waals surface area contributed by atoms with Crippen LogP contribution < -0.4 is 20.1 Å². The summed E-state index contributed by atoms with van der Waals surface area (Å²) in [6, 6.07) is 3.03. The van der Waals surface area contributed by atoms with Gasteiger partial charge in [-0.15, -0.1) is 11.3 Å². The molecule has 2 fully saturated rings. The van der Waals surface area contributed by atoms with Crippen molar-refractivity contribution in [3.05, 3.63) is 33.4 Å². The first-order chi connectivity index (χ1) is 21.1. The quantitative estimate of drug-likeness (QED) is 0.182. The van der Waals surface area contributed by atoms with E-state index in [9.17, 15) is 22.7 Å². The third-order valence-electron chi connectivity index (χ3n) is 8.78. The largest absolute Gasteiger partial charge is 0.489 e. The van der Waals surface area contributed by atoms with E-state index in [0.717, 1.165) is 24.3 Å². The molecular formula is C29H27F5IN5O3S. The van der Waals surface area contributed by atoms with Crippen molar-refractivity contribution in [2.45, 2.75) is 43.4 Å². The highest BCUT2D eigenvalue weighted by Crippen LogP contribution is 2.49. The first-order valence-electron chi connectivity index (χ1n) is 14.1. The van der Waals surface area contributed by atoms with Gasteiger partial charge in [0, 0.05) is 23.9 Å². The number of ether oxygens (including phenoxy) is 2. The fourth-order valence-corrected chi connectivity index (χ4v) is 8.64. The van der Waals surface area contributed by atoms with E-state index < -0.39 is 49.0 Å². The Balaban J connectivity index is 1.44. The highest BCUT2D eigenvalue weighted by atomic mass is 127. The van der Waals surface area contributed by atoms with Crippen LogP contribution >= 0.6 is 33.9 Å². The Hall–Kier alpha value is -2.76. The minimum Gasteiger partial charge on any atom is -0.489 e. The minimum absolute atomic E-state index is 0.0333. The molecule has 2 aromatic carbocycles. The molecule has 234 valence electrons. The van der Waals surface area contributed by atoms with E-state index >= 15 is 4.39 Å². The van der Waals surface area contributed by atoms with Gasteiger partial charge >= 0.3 is 6.01 Å². The van der Waals surface area contributed by atoms with Crippen LogP contribution in [-0.2, 0) is 0 Å². The van der Waals surface area contributed by atoms with Gasteiger partial charge in [-0.3, -0.25) is 4.90 Å². The van der Waals surface area contributed by atoms with E-state index in [1.165, 1.54) is 17.0 Å². The molecule has 3 N–H and O–H groups in total. The lowest BCUT2D eigenvalue weighted by atomic mass is 9.95. The van der Waals surface area contributed by atoms with E-state index in [-0.39, 0.29) is 58.4 Å². The molecule has 2 saturated heterocycles. The van der Waals surface area contributed by atoms with Crippen molar-refractivity contribution in [1.29, 1.82) is 0 Å². The number of benzene rings is 2. The van der Waals surface area contributed by atoms with Gasteiger partial charge < -0.3 is 25.2 Å². The Kier molecular flexibility index (Phi) is 7.65. The van der Waals surface area contributed by atoms with Crippen LogP contribution in [0.15, 0.2) is 18.2 Å². The Morgan fingerprint density at radius 1 is 1.27 bits per heavy atom. The Morgan fingerprint density at radius 3 is 2.86 bits per heavy atom. The van der Waals surface area contributed by atoms with Crippen molar-refractivity contribution in [1.82, 2.24) is 14.9 Å². The summed E-state index contributed by atoms with van der Waals surface area (Å²) in [5.74, 6) is -1.24. The molecule has 3 atom stereocenters. The van der Waals surface area contributed by atoms with E-state index in [1.54, 1.807) is 6.07 Å². The van der Waals surface area contributed by atoms with Gasteiger partial charge in [-0.1, -0.05) is 6.07 Å². The summed E-state index contributed by atoms with van der Waals surface area (Å²) < 4.78 is 86.4. The van der Waals surface area contributed by atoms with Crippen LogP contribution in [0.2, 0.25) is 0 Å². The van der Waals surface area contributed by atoms with Crippen LogP contribution in [0.4, 0.5) is 32.8 Å². The minimum atomic E-state index is -2.81. The second-order valence-corrected chi connectivity index (χ2v) is 13.6. The van der Waals surface area contributed by atoms with Gasteiger partial charge in [0.15, 0.2) is 5.82 Å². The topological polar surface area (TPSA) is 97.0 Å². The molecule has 8 nitrogen and oxygen atoms in total. The van der Waals surface area contributed by atoms with Crippen LogP contribution in [0.5, 0.6) is 11.8 Å². The number of hydrogen-bond acceptors (Lipinski definition) is 9. The van der Waals surface area contributed by atoms with Crippen molar-refractivity contribution in [2.24, 2.45) is 0 Å². The number of alkyl halides is 3. The third-order valence-corrected chi connectivity index (χ3v) is 10.8. The number of aromatic nitrogens is 2. The van der Waals surface area contributed by atoms with E-state index in [0.29, 0.717) is 32.5 Å². The average Bonchev–Trinajstić information content (AvgIpc) is 3.62. The zero-order valence-electron chi connectivity index (χ0n) is 23.1. The van der Waals surface area contributed by atoms with Crippen molar-refractivity contribution >= 4 is 65.7 Å². The van der Waals surface area contributed by atoms with Gasteiger partial charge in [0.2, 0.25) is 0 Å². The average molecular weight is 748 g/mol. The number of rotatable bonds is 7. The molecule has 0 radical (unpaired) electrons. The first kappa shape index (κ1) is 29.9. The van der Waals surface area contributed by atoms with Gasteiger partial charge in [0.05, 0.1) is 43.4 Å². The second kappa shape index (κ2) is 11.2. The summed E-state index contributed by atoms with van der Waals surface area (Å²) >= 11 is 2.94. The SMILES string of the molecule is Nc1cc2c(-c3c(I)c4c5c(nc(OCC67CCCN6C[C@H](F)C7)nc5c3F)N(CC(F)F)C(CO)CO4)ccc(F)c2s1. The number of hydrogen-bond donors (Lipinski definition) is 2. The molecule has 0 saturated carbocycles. The molecule has 15 heteroatoms. The van der Waals surface area contributed by atoms with Crippen LogP contribution in [0, 0.1) is 15.2 Å². The summed E-state index contributed by atoms with van der Waals surface area (Å²) in [6.45, 7) is -0.503. The maximum atomic E-state index is 16.9. The molecule has 7 rings (SSSR count). The zero-order chi connectivity index (χ0) is 30.9. The molecule has 44 heavy (non-hydrogen) atoms. The number of anilines is 2. The van der Waals surface area contributed by atoms with Gasteiger partial charge in [-0.25, -0.2) is 22.0 Å². The highest BCUT2D eigenvalue weighted by Gasteiger charge is 2.49. The zero-order valence-corrected chi connectivity index (χ0v) is 26.1. The molecule has 3 aliphatic heterocycles. The second-order valence-electron chi connectivity index (χ2n) is 11.4. The molecule has 4 aromatic rings. The predicted octanol–water partition coefficient (Wildman–Crippen LogP) is 5.76. The molecular weight excluding hydrogens is 720 g/mol. The van der Waals surface area contributed by atoms with E-state index in [2.05, 4.69) is 9.97 Å². The molecule has 2 unspecified atom stereocenters. The Labute approximate surface area is 266 Å². The van der Waals surface area contributed by atoms with E-state index in [4.69, 9.17) is 15.2 Å². The van der Waals surface area contributed by atoms with Crippen LogP contribution in [0.1, 0.15) is 19.3 Å². The number of aliphatic hydroxyl groups excluding tert-OH is 1. The van der Waals surface area contributed by atoms with Crippen molar-refractivity contribution in [2.75, 3.05) is 50.1 Å². The van der Waals surface area contributed by atoms with Crippen LogP contribution in [0.25, 0.3) is 32.1 Å². The van der Waals surface area contributed by atoms with E-state index in [1.807, 2.05) is 27.5 Å². The van der Waals surface area contributed by atoms with Crippen LogP contribution in [0.3, 0.4) is 0 Å². The smallest absolute Gasteiger partial charge is 0.319 e. The Morgan fingerprint density at radius 2 is 2.09 bits per heavy atom. The molecule has 0 aliphatic carbocycles. The van der Waals surface area contributed by atoms with Crippen molar-refractivity contribution in [3.63, 3.8) is 0 Å². The van der Waals surface area contributed by atoms with Crippen molar-refractivity contribution in [3.8, 4) is 22.9 Å². The molecule has 0 spiro atoms. The molecule has 3 aliphatic rings. The lowest BCUT2D eigenvalue weighted by Gasteiger charge is -2.31. The molecule has 2 aromatic heterocycles.